The maximum Gasteiger partial charge on any atom is 0.414 e. The molecule has 0 bridgehead atoms. The standard InChI is InChI=1S/C3H4N2O2.C3H3NO3.C3H3NO2S/c6-2-1-4-3(7)5-2;2*5-2-1-7-3(6)4-2/h1H2,(H2,4,5,6,7);2*1H2,(H,4,5,6). The molecule has 3 rings (SSSR count). The topological polar surface area (TPSA) is 160 Å². The molecule has 12 heteroatoms. The second kappa shape index (κ2) is 7.84. The molecule has 0 aromatic rings. The first-order chi connectivity index (χ1) is 9.86. The Morgan fingerprint density at radius 1 is 0.857 bits per heavy atom. The van der Waals surface area contributed by atoms with Gasteiger partial charge in [0.15, 0.2) is 6.61 Å². The van der Waals surface area contributed by atoms with Gasteiger partial charge in [0.25, 0.3) is 11.1 Å². The lowest BCUT2D eigenvalue weighted by atomic mass is 10.7. The van der Waals surface area contributed by atoms with Crippen molar-refractivity contribution < 1.29 is 33.5 Å². The number of carbonyl (C=O) groups excluding carboxylic acids is 6. The van der Waals surface area contributed by atoms with E-state index in [1.807, 2.05) is 10.6 Å². The largest absolute Gasteiger partial charge is 0.439 e. The molecule has 4 N–H and O–H groups in total. The van der Waals surface area contributed by atoms with E-state index in [-0.39, 0.29) is 36.1 Å². The number of hydrogen-bond acceptors (Lipinski definition) is 8. The monoisotopic (exact) mass is 318 g/mol. The van der Waals surface area contributed by atoms with E-state index < -0.39 is 12.1 Å². The van der Waals surface area contributed by atoms with E-state index in [0.29, 0.717) is 5.75 Å². The van der Waals surface area contributed by atoms with Crippen molar-refractivity contribution in [1.82, 2.24) is 21.3 Å². The van der Waals surface area contributed by atoms with Gasteiger partial charge in [0.2, 0.25) is 11.8 Å². The smallest absolute Gasteiger partial charge is 0.414 e. The number of ether oxygens (including phenoxy) is 1. The highest BCUT2D eigenvalue weighted by Gasteiger charge is 2.17. The van der Waals surface area contributed by atoms with E-state index in [2.05, 4.69) is 15.4 Å². The third kappa shape index (κ3) is 6.91. The first-order valence-electron chi connectivity index (χ1n) is 5.37. The number of amides is 7. The summed E-state index contributed by atoms with van der Waals surface area (Å²) in [6, 6.07) is -0.398. The summed E-state index contributed by atoms with van der Waals surface area (Å²) >= 11 is 1.01. The minimum absolute atomic E-state index is 0.124. The van der Waals surface area contributed by atoms with E-state index in [4.69, 9.17) is 0 Å². The second-order valence-electron chi connectivity index (χ2n) is 3.48. The third-order valence-corrected chi connectivity index (χ3v) is 2.58. The quantitative estimate of drug-likeness (QED) is 0.375. The first-order valence-corrected chi connectivity index (χ1v) is 6.36. The summed E-state index contributed by atoms with van der Waals surface area (Å²) in [7, 11) is 0. The summed E-state index contributed by atoms with van der Waals surface area (Å²) < 4.78 is 4.17. The van der Waals surface area contributed by atoms with Crippen LogP contribution in [-0.2, 0) is 19.1 Å². The molecule has 3 heterocycles. The summed E-state index contributed by atoms with van der Waals surface area (Å²) in [4.78, 5) is 60.2. The second-order valence-corrected chi connectivity index (χ2v) is 4.43. The van der Waals surface area contributed by atoms with Crippen LogP contribution in [0.5, 0.6) is 0 Å². The molecule has 114 valence electrons. The highest BCUT2D eigenvalue weighted by Crippen LogP contribution is 2.06. The van der Waals surface area contributed by atoms with Gasteiger partial charge >= 0.3 is 12.1 Å². The van der Waals surface area contributed by atoms with Crippen LogP contribution in [0.2, 0.25) is 0 Å². The zero-order chi connectivity index (χ0) is 15.8. The van der Waals surface area contributed by atoms with E-state index in [1.165, 1.54) is 0 Å². The molecule has 0 unspecified atom stereocenters. The van der Waals surface area contributed by atoms with Crippen molar-refractivity contribution in [2.75, 3.05) is 18.9 Å². The Kier molecular flexibility index (Phi) is 6.13. The number of nitrogens with one attached hydrogen (secondary N) is 4. The number of carbonyl (C=O) groups is 6. The number of urea groups is 1. The SMILES string of the molecule is O=C1CNC(=O)N1.O=C1COC(=O)N1.O=C1CSC(=O)N1. The molecule has 0 radical (unpaired) electrons. The predicted molar refractivity (Wildman–Crippen MR) is 67.0 cm³/mol. The molecular formula is C9H10N4O7S. The van der Waals surface area contributed by atoms with Crippen LogP contribution in [0, 0.1) is 0 Å². The summed E-state index contributed by atoms with van der Waals surface area (Å²) in [5.74, 6) is -0.524. The average molecular weight is 318 g/mol. The average Bonchev–Trinajstić information content (AvgIpc) is 3.06. The molecule has 0 spiro atoms. The summed E-state index contributed by atoms with van der Waals surface area (Å²) in [6.07, 6.45) is -0.648. The first kappa shape index (κ1) is 16.4. The van der Waals surface area contributed by atoms with Crippen molar-refractivity contribution in [3.8, 4) is 0 Å². The van der Waals surface area contributed by atoms with E-state index in [9.17, 15) is 28.8 Å². The van der Waals surface area contributed by atoms with Gasteiger partial charge in [0.05, 0.1) is 12.3 Å². The van der Waals surface area contributed by atoms with E-state index in [0.717, 1.165) is 11.8 Å². The Morgan fingerprint density at radius 3 is 1.71 bits per heavy atom. The Labute approximate surface area is 121 Å². The maximum absolute atomic E-state index is 10.1. The third-order valence-electron chi connectivity index (χ3n) is 1.81. The van der Waals surface area contributed by atoms with E-state index >= 15 is 0 Å². The van der Waals surface area contributed by atoms with Crippen molar-refractivity contribution in [2.45, 2.75) is 0 Å². The summed E-state index contributed by atoms with van der Waals surface area (Å²) in [5, 5.41) is 8.08. The van der Waals surface area contributed by atoms with Gasteiger partial charge in [0.1, 0.15) is 0 Å². The molecule has 0 aliphatic carbocycles. The van der Waals surface area contributed by atoms with Crippen LogP contribution in [0.3, 0.4) is 0 Å². The number of rotatable bonds is 0. The van der Waals surface area contributed by atoms with Gasteiger partial charge in [-0.15, -0.1) is 0 Å². The Balaban J connectivity index is 0.000000157. The van der Waals surface area contributed by atoms with Crippen molar-refractivity contribution >= 4 is 46.8 Å². The molecule has 0 aromatic heterocycles. The van der Waals surface area contributed by atoms with Gasteiger partial charge in [-0.1, -0.05) is 11.8 Å². The maximum atomic E-state index is 10.1. The Morgan fingerprint density at radius 2 is 1.57 bits per heavy atom. The number of imide groups is 3. The molecule has 0 saturated carbocycles. The van der Waals surface area contributed by atoms with Crippen LogP contribution in [-0.4, -0.2) is 54.0 Å². The Hall–Kier alpha value is -2.63. The van der Waals surface area contributed by atoms with Gasteiger partial charge < -0.3 is 10.1 Å². The number of cyclic esters (lactones) is 1. The molecular weight excluding hydrogens is 308 g/mol. The molecule has 11 nitrogen and oxygen atoms in total. The molecule has 3 saturated heterocycles. The number of hydrogen-bond donors (Lipinski definition) is 4. The summed E-state index contributed by atoms with van der Waals surface area (Å²) in [5.41, 5.74) is 0. The fraction of sp³-hybridized carbons (Fsp3) is 0.333. The lowest BCUT2D eigenvalue weighted by molar-refractivity contribution is -0.119. The normalized spacial score (nSPS) is 19.2. The molecule has 0 aromatic carbocycles. The molecule has 21 heavy (non-hydrogen) atoms. The van der Waals surface area contributed by atoms with Crippen LogP contribution in [0.15, 0.2) is 0 Å². The predicted octanol–water partition coefficient (Wildman–Crippen LogP) is -1.95. The molecule has 3 aliphatic heterocycles. The molecule has 0 atom stereocenters. The number of thioether (sulfide) groups is 1. The molecule has 7 amide bonds. The van der Waals surface area contributed by atoms with Crippen LogP contribution >= 0.6 is 11.8 Å². The molecule has 3 fully saturated rings. The van der Waals surface area contributed by atoms with Crippen LogP contribution in [0.25, 0.3) is 0 Å². The van der Waals surface area contributed by atoms with Gasteiger partial charge in [-0.05, 0) is 0 Å². The lowest BCUT2D eigenvalue weighted by Crippen LogP contribution is -2.22. The van der Waals surface area contributed by atoms with Crippen molar-refractivity contribution in [3.63, 3.8) is 0 Å². The fourth-order valence-corrected chi connectivity index (χ4v) is 1.53. The zero-order valence-corrected chi connectivity index (χ0v) is 11.2. The minimum Gasteiger partial charge on any atom is -0.439 e. The van der Waals surface area contributed by atoms with Crippen molar-refractivity contribution in [2.24, 2.45) is 0 Å². The lowest BCUT2D eigenvalue weighted by Gasteiger charge is -1.78. The van der Waals surface area contributed by atoms with Crippen LogP contribution in [0.4, 0.5) is 14.4 Å². The highest BCUT2D eigenvalue weighted by molar-refractivity contribution is 8.14. The van der Waals surface area contributed by atoms with Gasteiger partial charge in [0, 0.05) is 0 Å². The van der Waals surface area contributed by atoms with Gasteiger partial charge in [-0.25, -0.2) is 9.59 Å². The van der Waals surface area contributed by atoms with Crippen LogP contribution < -0.4 is 21.3 Å². The zero-order valence-electron chi connectivity index (χ0n) is 10.4. The fourth-order valence-electron chi connectivity index (χ4n) is 1.01. The number of alkyl carbamates (subject to hydrolysis) is 1. The van der Waals surface area contributed by atoms with E-state index in [1.54, 1.807) is 0 Å². The van der Waals surface area contributed by atoms with Gasteiger partial charge in [-0.3, -0.25) is 35.1 Å². The van der Waals surface area contributed by atoms with Crippen molar-refractivity contribution in [1.29, 1.82) is 0 Å². The summed E-state index contributed by atoms with van der Waals surface area (Å²) in [6.45, 7) is -0.00231. The molecule has 3 aliphatic rings. The highest BCUT2D eigenvalue weighted by atomic mass is 32.2. The van der Waals surface area contributed by atoms with Crippen molar-refractivity contribution in [3.05, 3.63) is 0 Å². The van der Waals surface area contributed by atoms with Gasteiger partial charge in [-0.2, -0.15) is 0 Å². The van der Waals surface area contributed by atoms with Crippen LogP contribution in [0.1, 0.15) is 0 Å². The Bertz CT molecular complexity index is 393. The minimum atomic E-state index is -0.648.